The van der Waals surface area contributed by atoms with E-state index < -0.39 is 0 Å². The van der Waals surface area contributed by atoms with Crippen LogP contribution in [0.2, 0.25) is 0 Å². The molecule has 1 saturated carbocycles. The van der Waals surface area contributed by atoms with Gasteiger partial charge in [-0.3, -0.25) is 0 Å². The van der Waals surface area contributed by atoms with Gasteiger partial charge in [-0.1, -0.05) is 0 Å². The summed E-state index contributed by atoms with van der Waals surface area (Å²) in [4.78, 5) is 2.28. The Morgan fingerprint density at radius 2 is 2.20 bits per heavy atom. The normalized spacial score (nSPS) is 15.3. The van der Waals surface area contributed by atoms with Gasteiger partial charge in [-0.2, -0.15) is 5.10 Å². The second-order valence-electron chi connectivity index (χ2n) is 4.07. The van der Waals surface area contributed by atoms with Crippen molar-refractivity contribution in [1.29, 1.82) is 0 Å². The third-order valence-corrected chi connectivity index (χ3v) is 2.80. The lowest BCUT2D eigenvalue weighted by Gasteiger charge is -2.20. The van der Waals surface area contributed by atoms with Gasteiger partial charge in [-0.15, -0.1) is 5.10 Å². The van der Waals surface area contributed by atoms with Gasteiger partial charge < -0.3 is 10.6 Å². The first-order valence-electron chi connectivity index (χ1n) is 5.61. The maximum Gasteiger partial charge on any atom is 0.151 e. The summed E-state index contributed by atoms with van der Waals surface area (Å²) in [5.74, 6) is 1.85. The Morgan fingerprint density at radius 3 is 2.67 bits per heavy atom. The van der Waals surface area contributed by atoms with Gasteiger partial charge in [0.05, 0.1) is 5.69 Å². The molecule has 1 fully saturated rings. The van der Waals surface area contributed by atoms with Crippen molar-refractivity contribution >= 4 is 5.82 Å². The molecule has 0 atom stereocenters. The maximum absolute atomic E-state index is 5.48. The first-order chi connectivity index (χ1) is 7.33. The summed E-state index contributed by atoms with van der Waals surface area (Å²) in [7, 11) is 0. The number of anilines is 1. The molecule has 0 spiro atoms. The lowest BCUT2D eigenvalue weighted by molar-refractivity contribution is 0.720. The third kappa shape index (κ3) is 2.65. The first kappa shape index (κ1) is 10.4. The van der Waals surface area contributed by atoms with Crippen LogP contribution in [-0.4, -0.2) is 23.3 Å². The van der Waals surface area contributed by atoms with Crippen molar-refractivity contribution in [2.24, 2.45) is 11.7 Å². The molecule has 2 rings (SSSR count). The minimum Gasteiger partial charge on any atom is -0.355 e. The Hall–Kier alpha value is -1.16. The molecular formula is C11H18N4. The van der Waals surface area contributed by atoms with E-state index in [1.807, 2.05) is 12.1 Å². The van der Waals surface area contributed by atoms with Crippen LogP contribution in [0.5, 0.6) is 0 Å². The minimum absolute atomic E-state index is 0.460. The fraction of sp³-hybridized carbons (Fsp3) is 0.636. The highest BCUT2D eigenvalue weighted by molar-refractivity contribution is 5.37. The maximum atomic E-state index is 5.48. The number of nitrogens with two attached hydrogens (primary N) is 1. The van der Waals surface area contributed by atoms with Crippen molar-refractivity contribution in [3.8, 4) is 0 Å². The molecule has 0 bridgehead atoms. The van der Waals surface area contributed by atoms with E-state index in [-0.39, 0.29) is 0 Å². The molecule has 2 N–H and O–H groups in total. The minimum atomic E-state index is 0.460. The molecule has 4 heteroatoms. The van der Waals surface area contributed by atoms with E-state index in [0.29, 0.717) is 6.54 Å². The molecule has 82 valence electrons. The zero-order valence-corrected chi connectivity index (χ0v) is 9.19. The molecule has 15 heavy (non-hydrogen) atoms. The van der Waals surface area contributed by atoms with Crippen LogP contribution in [0.15, 0.2) is 12.1 Å². The van der Waals surface area contributed by atoms with Crippen LogP contribution in [0.4, 0.5) is 5.82 Å². The summed E-state index contributed by atoms with van der Waals surface area (Å²) in [5, 5.41) is 8.27. The van der Waals surface area contributed by atoms with Crippen LogP contribution < -0.4 is 10.6 Å². The van der Waals surface area contributed by atoms with Crippen LogP contribution in [0.25, 0.3) is 0 Å². The van der Waals surface area contributed by atoms with Gasteiger partial charge in [0.1, 0.15) is 0 Å². The van der Waals surface area contributed by atoms with Crippen molar-refractivity contribution in [3.05, 3.63) is 17.8 Å². The van der Waals surface area contributed by atoms with Crippen molar-refractivity contribution in [2.75, 3.05) is 18.0 Å². The summed E-state index contributed by atoms with van der Waals surface area (Å²) in [6.45, 7) is 4.73. The fourth-order valence-electron chi connectivity index (χ4n) is 1.63. The van der Waals surface area contributed by atoms with Crippen LogP contribution in [0.1, 0.15) is 25.5 Å². The molecular weight excluding hydrogens is 188 g/mol. The Labute approximate surface area is 90.5 Å². The van der Waals surface area contributed by atoms with Gasteiger partial charge in [0.2, 0.25) is 0 Å². The Kier molecular flexibility index (Phi) is 3.16. The van der Waals surface area contributed by atoms with Gasteiger partial charge in [-0.05, 0) is 37.8 Å². The Bertz CT molecular complexity index is 305. The highest BCUT2D eigenvalue weighted by Crippen LogP contribution is 2.30. The van der Waals surface area contributed by atoms with E-state index >= 15 is 0 Å². The van der Waals surface area contributed by atoms with Crippen molar-refractivity contribution in [1.82, 2.24) is 10.2 Å². The predicted molar refractivity (Wildman–Crippen MR) is 60.5 cm³/mol. The zero-order valence-electron chi connectivity index (χ0n) is 9.19. The highest BCUT2D eigenvalue weighted by atomic mass is 15.3. The van der Waals surface area contributed by atoms with E-state index in [9.17, 15) is 0 Å². The monoisotopic (exact) mass is 206 g/mol. The van der Waals surface area contributed by atoms with E-state index in [1.54, 1.807) is 0 Å². The van der Waals surface area contributed by atoms with Crippen LogP contribution >= 0.6 is 0 Å². The molecule has 1 aromatic heterocycles. The van der Waals surface area contributed by atoms with Gasteiger partial charge in [0.25, 0.3) is 0 Å². The quantitative estimate of drug-likeness (QED) is 0.785. The van der Waals surface area contributed by atoms with Gasteiger partial charge in [-0.25, -0.2) is 0 Å². The van der Waals surface area contributed by atoms with E-state index in [2.05, 4.69) is 22.0 Å². The number of hydrogen-bond donors (Lipinski definition) is 1. The largest absolute Gasteiger partial charge is 0.355 e. The predicted octanol–water partition coefficient (Wildman–Crippen LogP) is 1.17. The SMILES string of the molecule is CCN(CC1CC1)c1ccc(CN)nn1. The molecule has 4 nitrogen and oxygen atoms in total. The van der Waals surface area contributed by atoms with Crippen molar-refractivity contribution in [3.63, 3.8) is 0 Å². The molecule has 0 aromatic carbocycles. The number of rotatable bonds is 5. The van der Waals surface area contributed by atoms with E-state index in [1.165, 1.54) is 12.8 Å². The van der Waals surface area contributed by atoms with Crippen molar-refractivity contribution < 1.29 is 0 Å². The summed E-state index contributed by atoms with van der Waals surface area (Å²) in [6.07, 6.45) is 2.73. The van der Waals surface area contributed by atoms with E-state index in [4.69, 9.17) is 5.73 Å². The summed E-state index contributed by atoms with van der Waals surface area (Å²) in [6, 6.07) is 3.97. The standard InChI is InChI=1S/C11H18N4/c1-2-15(8-9-3-4-9)11-6-5-10(7-12)13-14-11/h5-6,9H,2-4,7-8,12H2,1H3. The van der Waals surface area contributed by atoms with Crippen LogP contribution in [0.3, 0.4) is 0 Å². The van der Waals surface area contributed by atoms with E-state index in [0.717, 1.165) is 30.5 Å². The van der Waals surface area contributed by atoms with Gasteiger partial charge >= 0.3 is 0 Å². The third-order valence-electron chi connectivity index (χ3n) is 2.80. The topological polar surface area (TPSA) is 55.0 Å². The lowest BCUT2D eigenvalue weighted by Crippen LogP contribution is -2.26. The first-order valence-corrected chi connectivity index (χ1v) is 5.61. The molecule has 0 aliphatic heterocycles. The molecule has 0 saturated heterocycles. The second kappa shape index (κ2) is 4.57. The molecule has 1 aromatic rings. The summed E-state index contributed by atoms with van der Waals surface area (Å²) >= 11 is 0. The highest BCUT2D eigenvalue weighted by Gasteiger charge is 2.24. The molecule has 0 unspecified atom stereocenters. The number of nitrogens with zero attached hydrogens (tertiary/aromatic N) is 3. The summed E-state index contributed by atoms with van der Waals surface area (Å²) in [5.41, 5.74) is 6.33. The Morgan fingerprint density at radius 1 is 1.40 bits per heavy atom. The fourth-order valence-corrected chi connectivity index (χ4v) is 1.63. The second-order valence-corrected chi connectivity index (χ2v) is 4.07. The molecule has 0 amide bonds. The Balaban J connectivity index is 2.03. The smallest absolute Gasteiger partial charge is 0.151 e. The van der Waals surface area contributed by atoms with Crippen LogP contribution in [0, 0.1) is 5.92 Å². The molecule has 1 aliphatic rings. The molecule has 0 radical (unpaired) electrons. The average Bonchev–Trinajstić information content (AvgIpc) is 3.10. The number of hydrogen-bond acceptors (Lipinski definition) is 4. The molecule has 1 heterocycles. The summed E-state index contributed by atoms with van der Waals surface area (Å²) < 4.78 is 0. The van der Waals surface area contributed by atoms with Crippen molar-refractivity contribution in [2.45, 2.75) is 26.3 Å². The van der Waals surface area contributed by atoms with Gasteiger partial charge in [0, 0.05) is 19.6 Å². The zero-order chi connectivity index (χ0) is 10.7. The van der Waals surface area contributed by atoms with Gasteiger partial charge in [0.15, 0.2) is 5.82 Å². The average molecular weight is 206 g/mol. The lowest BCUT2D eigenvalue weighted by atomic mass is 10.3. The number of aromatic nitrogens is 2. The van der Waals surface area contributed by atoms with Crippen LogP contribution in [-0.2, 0) is 6.54 Å². The molecule has 1 aliphatic carbocycles.